The van der Waals surface area contributed by atoms with Crippen molar-refractivity contribution in [3.8, 4) is 17.0 Å². The maximum atomic E-state index is 15.8. The fraction of sp³-hybridized carbons (Fsp3) is 0.393. The lowest BCUT2D eigenvalue weighted by Gasteiger charge is -2.36. The van der Waals surface area contributed by atoms with Crippen LogP contribution in [0.25, 0.3) is 21.5 Å². The number of fused-ring (bicyclic) bond motifs is 1. The van der Waals surface area contributed by atoms with Crippen molar-refractivity contribution < 1.29 is 45.8 Å². The van der Waals surface area contributed by atoms with Crippen molar-refractivity contribution in [2.45, 2.75) is 50.2 Å². The molecule has 14 heteroatoms. The molecule has 0 amide bonds. The van der Waals surface area contributed by atoms with E-state index in [1.807, 2.05) is 4.90 Å². The van der Waals surface area contributed by atoms with Gasteiger partial charge in [0.05, 0.1) is 23.5 Å². The Morgan fingerprint density at radius 2 is 1.93 bits per heavy atom. The second-order valence-electron chi connectivity index (χ2n) is 10.4. The fourth-order valence-electron chi connectivity index (χ4n) is 5.03. The molecular weight excluding hydrogens is 585 g/mol. The molecule has 0 unspecified atom stereocenters. The van der Waals surface area contributed by atoms with Gasteiger partial charge in [-0.2, -0.15) is 0 Å². The van der Waals surface area contributed by atoms with Crippen LogP contribution in [0.15, 0.2) is 40.9 Å². The van der Waals surface area contributed by atoms with E-state index in [0.29, 0.717) is 21.2 Å². The van der Waals surface area contributed by atoms with Crippen molar-refractivity contribution in [1.29, 1.82) is 0 Å². The summed E-state index contributed by atoms with van der Waals surface area (Å²) in [5.74, 6) is -1.81. The van der Waals surface area contributed by atoms with Gasteiger partial charge in [0.15, 0.2) is 10.9 Å². The highest BCUT2D eigenvalue weighted by Gasteiger charge is 2.38. The summed E-state index contributed by atoms with van der Waals surface area (Å²) in [6.45, 7) is 0.193. The van der Waals surface area contributed by atoms with Crippen LogP contribution in [0.1, 0.15) is 53.3 Å². The number of carboxylic acids is 1. The van der Waals surface area contributed by atoms with Crippen LogP contribution >= 0.6 is 11.3 Å². The first-order valence-corrected chi connectivity index (χ1v) is 14.0. The van der Waals surface area contributed by atoms with Gasteiger partial charge in [0.2, 0.25) is 0 Å². The molecule has 0 radical (unpaired) electrons. The number of nitrogens with zero attached hydrogens (tertiary/aromatic N) is 3. The van der Waals surface area contributed by atoms with Gasteiger partial charge in [-0.25, -0.2) is 18.6 Å². The Hall–Kier alpha value is -3.78. The van der Waals surface area contributed by atoms with Crippen molar-refractivity contribution in [2.24, 2.45) is 0 Å². The van der Waals surface area contributed by atoms with Gasteiger partial charge in [0, 0.05) is 43.0 Å². The number of aromatic carboxylic acids is 1. The number of para-hydroxylation sites is 1. The van der Waals surface area contributed by atoms with E-state index in [4.69, 9.17) is 9.26 Å². The summed E-state index contributed by atoms with van der Waals surface area (Å²) in [4.78, 5) is 17.4. The molecule has 0 atom stereocenters. The molecule has 4 aromatic rings. The standard InChI is InChI=1S/C28H24F5N3O5S/c29-19-11-16(25(37)38)12-21-23(19)34-26(42-21)36-9-7-27(30,8-10-36)14-39-13-18-22(35-41-24(18)15-5-6-15)17-3-1-2-4-20(17)40-28(31,32)33/h1-4,11-12,15H,5-10,13-14H2,(H,37,38). The summed E-state index contributed by atoms with van der Waals surface area (Å²) in [5.41, 5.74) is -1.06. The van der Waals surface area contributed by atoms with Crippen LogP contribution in [0, 0.1) is 5.82 Å². The van der Waals surface area contributed by atoms with Crippen LogP contribution in [-0.2, 0) is 11.3 Å². The number of piperidine rings is 1. The molecule has 1 N–H and O–H groups in total. The Bertz CT molecular complexity index is 1630. The van der Waals surface area contributed by atoms with Crippen LogP contribution < -0.4 is 9.64 Å². The quantitative estimate of drug-likeness (QED) is 0.201. The molecule has 1 saturated heterocycles. The topological polar surface area (TPSA) is 97.9 Å². The Morgan fingerprint density at radius 1 is 1.19 bits per heavy atom. The number of hydrogen-bond acceptors (Lipinski definition) is 8. The van der Waals surface area contributed by atoms with Gasteiger partial charge in [0.1, 0.15) is 28.4 Å². The molecule has 2 fully saturated rings. The maximum Gasteiger partial charge on any atom is 0.573 e. The lowest BCUT2D eigenvalue weighted by molar-refractivity contribution is -0.274. The minimum absolute atomic E-state index is 0.0682. The smallest absolute Gasteiger partial charge is 0.478 e. The Morgan fingerprint density at radius 3 is 2.62 bits per heavy atom. The lowest BCUT2D eigenvalue weighted by Crippen LogP contribution is -2.44. The summed E-state index contributed by atoms with van der Waals surface area (Å²) < 4.78 is 85.1. The normalized spacial score (nSPS) is 17.1. The van der Waals surface area contributed by atoms with E-state index in [1.54, 1.807) is 6.07 Å². The minimum atomic E-state index is -4.90. The van der Waals surface area contributed by atoms with Gasteiger partial charge in [-0.05, 0) is 37.1 Å². The predicted molar refractivity (Wildman–Crippen MR) is 142 cm³/mol. The van der Waals surface area contributed by atoms with Gasteiger partial charge < -0.3 is 24.0 Å². The number of halogens is 5. The molecule has 0 spiro atoms. The van der Waals surface area contributed by atoms with E-state index in [0.717, 1.165) is 30.2 Å². The third-order valence-electron chi connectivity index (χ3n) is 7.36. The number of thiazole rings is 1. The number of anilines is 1. The molecule has 2 aromatic heterocycles. The predicted octanol–water partition coefficient (Wildman–Crippen LogP) is 7.09. The largest absolute Gasteiger partial charge is 0.573 e. The molecule has 3 heterocycles. The Labute approximate surface area is 239 Å². The first kappa shape index (κ1) is 28.3. The zero-order valence-corrected chi connectivity index (χ0v) is 22.7. The second kappa shape index (κ2) is 10.8. The average Bonchev–Trinajstić information content (AvgIpc) is 3.54. The van der Waals surface area contributed by atoms with E-state index < -0.39 is 29.6 Å². The van der Waals surface area contributed by atoms with Crippen LogP contribution in [-0.4, -0.2) is 52.9 Å². The average molecular weight is 610 g/mol. The first-order chi connectivity index (χ1) is 20.0. The van der Waals surface area contributed by atoms with Gasteiger partial charge >= 0.3 is 12.3 Å². The highest BCUT2D eigenvalue weighted by molar-refractivity contribution is 7.22. The molecular formula is C28H24F5N3O5S. The summed E-state index contributed by atoms with van der Waals surface area (Å²) in [6.07, 6.45) is -3.01. The number of benzene rings is 2. The van der Waals surface area contributed by atoms with E-state index >= 15 is 4.39 Å². The third kappa shape index (κ3) is 5.91. The number of hydrogen-bond donors (Lipinski definition) is 1. The summed E-state index contributed by atoms with van der Waals surface area (Å²) in [7, 11) is 0. The van der Waals surface area contributed by atoms with Gasteiger partial charge in [-0.15, -0.1) is 13.2 Å². The monoisotopic (exact) mass is 609 g/mol. The van der Waals surface area contributed by atoms with Gasteiger partial charge in [0.25, 0.3) is 0 Å². The van der Waals surface area contributed by atoms with Crippen molar-refractivity contribution in [3.05, 3.63) is 59.1 Å². The van der Waals surface area contributed by atoms with Crippen LogP contribution in [0.3, 0.4) is 0 Å². The number of aromatic nitrogens is 2. The molecule has 42 heavy (non-hydrogen) atoms. The Balaban J connectivity index is 1.13. The molecule has 1 aliphatic carbocycles. The first-order valence-electron chi connectivity index (χ1n) is 13.2. The van der Waals surface area contributed by atoms with E-state index in [2.05, 4.69) is 14.9 Å². The lowest BCUT2D eigenvalue weighted by atomic mass is 9.94. The summed E-state index contributed by atoms with van der Waals surface area (Å²) >= 11 is 1.14. The Kier molecular flexibility index (Phi) is 7.29. The third-order valence-corrected chi connectivity index (χ3v) is 8.42. The molecule has 2 aromatic carbocycles. The summed E-state index contributed by atoms with van der Waals surface area (Å²) in [6, 6.07) is 7.90. The van der Waals surface area contributed by atoms with Crippen molar-refractivity contribution >= 4 is 32.7 Å². The molecule has 0 bridgehead atoms. The minimum Gasteiger partial charge on any atom is -0.478 e. The molecule has 2 aliphatic rings. The number of alkyl halides is 4. The van der Waals surface area contributed by atoms with Gasteiger partial charge in [-0.1, -0.05) is 28.6 Å². The fourth-order valence-corrected chi connectivity index (χ4v) is 6.10. The second-order valence-corrected chi connectivity index (χ2v) is 11.4. The van der Waals surface area contributed by atoms with Crippen LogP contribution in [0.2, 0.25) is 0 Å². The molecule has 1 aliphatic heterocycles. The maximum absolute atomic E-state index is 15.8. The SMILES string of the molecule is O=C(O)c1cc(F)c2nc(N3CCC(F)(COCc4c(-c5ccccc5OC(F)(F)F)noc4C4CC4)CC3)sc2c1. The van der Waals surface area contributed by atoms with E-state index in [1.165, 1.54) is 24.3 Å². The molecule has 1 saturated carbocycles. The highest BCUT2D eigenvalue weighted by atomic mass is 32.1. The van der Waals surface area contributed by atoms with Crippen molar-refractivity contribution in [1.82, 2.24) is 10.1 Å². The number of ether oxygens (including phenoxy) is 2. The van der Waals surface area contributed by atoms with Gasteiger partial charge in [-0.3, -0.25) is 0 Å². The van der Waals surface area contributed by atoms with Crippen LogP contribution in [0.5, 0.6) is 5.75 Å². The summed E-state index contributed by atoms with van der Waals surface area (Å²) in [5, 5.41) is 13.7. The van der Waals surface area contributed by atoms with Crippen molar-refractivity contribution in [2.75, 3.05) is 24.6 Å². The van der Waals surface area contributed by atoms with E-state index in [9.17, 15) is 27.5 Å². The van der Waals surface area contributed by atoms with Crippen molar-refractivity contribution in [3.63, 3.8) is 0 Å². The highest BCUT2D eigenvalue weighted by Crippen LogP contribution is 2.46. The van der Waals surface area contributed by atoms with Crippen LogP contribution in [0.4, 0.5) is 27.1 Å². The molecule has 6 rings (SSSR count). The number of carboxylic acid groups (broad SMARTS) is 1. The number of carbonyl (C=O) groups is 1. The zero-order chi connectivity index (χ0) is 29.6. The number of rotatable bonds is 9. The van der Waals surface area contributed by atoms with E-state index in [-0.39, 0.29) is 67.4 Å². The molecule has 222 valence electrons. The molecule has 8 nitrogen and oxygen atoms in total. The zero-order valence-electron chi connectivity index (χ0n) is 21.9.